The van der Waals surface area contributed by atoms with Crippen LogP contribution < -0.4 is 0 Å². The summed E-state index contributed by atoms with van der Waals surface area (Å²) < 4.78 is 6.52. The molecule has 0 radical (unpaired) electrons. The molecule has 0 spiro atoms. The summed E-state index contributed by atoms with van der Waals surface area (Å²) in [7, 11) is 0. The van der Waals surface area contributed by atoms with Gasteiger partial charge < -0.3 is 0 Å². The Bertz CT molecular complexity index is 461. The van der Waals surface area contributed by atoms with Crippen molar-refractivity contribution >= 4 is 45.2 Å². The fourth-order valence-corrected chi connectivity index (χ4v) is 3.07. The summed E-state index contributed by atoms with van der Waals surface area (Å²) in [6, 6.07) is 0. The van der Waals surface area contributed by atoms with Crippen LogP contribution in [0, 0.1) is 7.14 Å². The van der Waals surface area contributed by atoms with Crippen LogP contribution in [0.2, 0.25) is 0 Å². The fourth-order valence-electron chi connectivity index (χ4n) is 2.18. The summed E-state index contributed by atoms with van der Waals surface area (Å²) in [5.74, 6) is 0. The first-order chi connectivity index (χ1) is 9.74. The van der Waals surface area contributed by atoms with E-state index in [1.807, 2.05) is 21.8 Å². The standard InChI is InChI=1S/C14H20I2N4/c15-13-9-17-19(11-13)7-5-3-1-2-4-6-8-20-12-14(16)10-18-20/h9-12H,1-8H2. The molecular weight excluding hydrogens is 478 g/mol. The number of aryl methyl sites for hydroxylation is 2. The third-order valence-electron chi connectivity index (χ3n) is 3.23. The van der Waals surface area contributed by atoms with Crippen molar-refractivity contribution < 1.29 is 0 Å². The van der Waals surface area contributed by atoms with E-state index in [0.717, 1.165) is 13.1 Å². The van der Waals surface area contributed by atoms with E-state index in [9.17, 15) is 0 Å². The van der Waals surface area contributed by atoms with Crippen molar-refractivity contribution in [2.75, 3.05) is 0 Å². The first-order valence-corrected chi connectivity index (χ1v) is 9.26. The minimum Gasteiger partial charge on any atom is -0.272 e. The van der Waals surface area contributed by atoms with Crippen LogP contribution >= 0.6 is 45.2 Å². The van der Waals surface area contributed by atoms with Crippen LogP contribution in [0.5, 0.6) is 0 Å². The SMILES string of the molecule is Ic1cnn(CCCCCCCCn2cc(I)cn2)c1. The fraction of sp³-hybridized carbons (Fsp3) is 0.571. The lowest BCUT2D eigenvalue weighted by Crippen LogP contribution is -1.99. The summed E-state index contributed by atoms with van der Waals surface area (Å²) in [6.07, 6.45) is 15.8. The largest absolute Gasteiger partial charge is 0.272 e. The highest BCUT2D eigenvalue weighted by molar-refractivity contribution is 14.1. The number of aromatic nitrogens is 4. The molecule has 0 saturated heterocycles. The third-order valence-corrected chi connectivity index (χ3v) is 4.34. The van der Waals surface area contributed by atoms with Gasteiger partial charge in [-0.2, -0.15) is 10.2 Å². The Morgan fingerprint density at radius 3 is 1.45 bits per heavy atom. The molecule has 20 heavy (non-hydrogen) atoms. The van der Waals surface area contributed by atoms with Crippen molar-refractivity contribution in [2.45, 2.75) is 51.6 Å². The second-order valence-corrected chi connectivity index (χ2v) is 7.46. The third kappa shape index (κ3) is 6.11. The van der Waals surface area contributed by atoms with Gasteiger partial charge in [0.05, 0.1) is 19.5 Å². The number of hydrogen-bond donors (Lipinski definition) is 0. The predicted octanol–water partition coefficient (Wildman–Crippen LogP) is 4.33. The summed E-state index contributed by atoms with van der Waals surface area (Å²) in [4.78, 5) is 0. The van der Waals surface area contributed by atoms with Crippen molar-refractivity contribution in [1.82, 2.24) is 19.6 Å². The van der Waals surface area contributed by atoms with Crippen LogP contribution in [0.1, 0.15) is 38.5 Å². The van der Waals surface area contributed by atoms with Crippen LogP contribution in [0.15, 0.2) is 24.8 Å². The quantitative estimate of drug-likeness (QED) is 0.382. The van der Waals surface area contributed by atoms with Crippen molar-refractivity contribution in [2.24, 2.45) is 0 Å². The molecule has 2 aromatic heterocycles. The Balaban J connectivity index is 1.44. The first kappa shape index (κ1) is 16.3. The van der Waals surface area contributed by atoms with E-state index in [0.29, 0.717) is 0 Å². The van der Waals surface area contributed by atoms with Gasteiger partial charge in [0, 0.05) is 25.5 Å². The van der Waals surface area contributed by atoms with Gasteiger partial charge in [-0.25, -0.2) is 0 Å². The number of hydrogen-bond acceptors (Lipinski definition) is 2. The van der Waals surface area contributed by atoms with Crippen LogP contribution in [0.3, 0.4) is 0 Å². The minimum atomic E-state index is 1.05. The molecule has 0 atom stereocenters. The van der Waals surface area contributed by atoms with Gasteiger partial charge in [0.15, 0.2) is 0 Å². The first-order valence-electron chi connectivity index (χ1n) is 7.10. The van der Waals surface area contributed by atoms with Gasteiger partial charge in [-0.3, -0.25) is 9.36 Å². The normalized spacial score (nSPS) is 11.1. The molecule has 2 aromatic rings. The van der Waals surface area contributed by atoms with Gasteiger partial charge in [-0.05, 0) is 58.0 Å². The average molecular weight is 498 g/mol. The molecule has 0 N–H and O–H groups in total. The second-order valence-electron chi connectivity index (χ2n) is 4.96. The smallest absolute Gasteiger partial charge is 0.0623 e. The molecule has 0 amide bonds. The van der Waals surface area contributed by atoms with Gasteiger partial charge in [0.25, 0.3) is 0 Å². The van der Waals surface area contributed by atoms with Crippen molar-refractivity contribution in [3.05, 3.63) is 31.9 Å². The zero-order chi connectivity index (χ0) is 14.2. The van der Waals surface area contributed by atoms with Crippen LogP contribution in [0.4, 0.5) is 0 Å². The highest BCUT2D eigenvalue weighted by atomic mass is 127. The molecule has 0 saturated carbocycles. The van der Waals surface area contributed by atoms with E-state index >= 15 is 0 Å². The van der Waals surface area contributed by atoms with E-state index < -0.39 is 0 Å². The summed E-state index contributed by atoms with van der Waals surface area (Å²) in [5, 5.41) is 8.59. The number of nitrogens with zero attached hydrogens (tertiary/aromatic N) is 4. The van der Waals surface area contributed by atoms with E-state index in [2.05, 4.69) is 67.8 Å². The van der Waals surface area contributed by atoms with E-state index in [1.54, 1.807) is 0 Å². The molecule has 0 bridgehead atoms. The maximum atomic E-state index is 4.30. The Morgan fingerprint density at radius 1 is 0.700 bits per heavy atom. The Kier molecular flexibility index (Phi) is 7.32. The van der Waals surface area contributed by atoms with Gasteiger partial charge in [-0.15, -0.1) is 0 Å². The van der Waals surface area contributed by atoms with E-state index in [1.165, 1.54) is 45.7 Å². The van der Waals surface area contributed by atoms with Crippen LogP contribution in [-0.4, -0.2) is 19.6 Å². The zero-order valence-electron chi connectivity index (χ0n) is 11.5. The topological polar surface area (TPSA) is 35.6 Å². The summed E-state index contributed by atoms with van der Waals surface area (Å²) in [6.45, 7) is 2.10. The molecule has 2 heterocycles. The van der Waals surface area contributed by atoms with E-state index in [-0.39, 0.29) is 0 Å². The van der Waals surface area contributed by atoms with E-state index in [4.69, 9.17) is 0 Å². The van der Waals surface area contributed by atoms with Crippen molar-refractivity contribution in [3.63, 3.8) is 0 Å². The summed E-state index contributed by atoms with van der Waals surface area (Å²) in [5.41, 5.74) is 0. The Morgan fingerprint density at radius 2 is 1.10 bits per heavy atom. The van der Waals surface area contributed by atoms with Crippen molar-refractivity contribution in [3.8, 4) is 0 Å². The monoisotopic (exact) mass is 498 g/mol. The molecule has 0 aliphatic heterocycles. The second kappa shape index (κ2) is 9.01. The molecule has 4 nitrogen and oxygen atoms in total. The molecule has 0 aliphatic carbocycles. The van der Waals surface area contributed by atoms with Crippen LogP contribution in [0.25, 0.3) is 0 Å². The lowest BCUT2D eigenvalue weighted by molar-refractivity contribution is 0.502. The lowest BCUT2D eigenvalue weighted by atomic mass is 10.1. The highest BCUT2D eigenvalue weighted by Gasteiger charge is 1.97. The number of halogens is 2. The lowest BCUT2D eigenvalue weighted by Gasteiger charge is -2.03. The maximum Gasteiger partial charge on any atom is 0.0623 e. The zero-order valence-corrected chi connectivity index (χ0v) is 15.8. The van der Waals surface area contributed by atoms with Gasteiger partial charge in [0.2, 0.25) is 0 Å². The average Bonchev–Trinajstić information content (AvgIpc) is 3.02. The molecular formula is C14H20I2N4. The number of rotatable bonds is 9. The Labute approximate surface area is 147 Å². The molecule has 0 fully saturated rings. The molecule has 6 heteroatoms. The predicted molar refractivity (Wildman–Crippen MR) is 97.6 cm³/mol. The molecule has 0 aliphatic rings. The molecule has 0 aromatic carbocycles. The Hall–Kier alpha value is -0.120. The number of unbranched alkanes of at least 4 members (excludes halogenated alkanes) is 5. The molecule has 0 unspecified atom stereocenters. The highest BCUT2D eigenvalue weighted by Crippen LogP contribution is 2.09. The van der Waals surface area contributed by atoms with Crippen molar-refractivity contribution in [1.29, 1.82) is 0 Å². The summed E-state index contributed by atoms with van der Waals surface area (Å²) >= 11 is 4.60. The minimum absolute atomic E-state index is 1.05. The van der Waals surface area contributed by atoms with Gasteiger partial charge in [-0.1, -0.05) is 25.7 Å². The molecule has 110 valence electrons. The molecule has 2 rings (SSSR count). The van der Waals surface area contributed by atoms with Gasteiger partial charge >= 0.3 is 0 Å². The maximum absolute atomic E-state index is 4.30. The van der Waals surface area contributed by atoms with Gasteiger partial charge in [0.1, 0.15) is 0 Å². The van der Waals surface area contributed by atoms with Crippen LogP contribution in [-0.2, 0) is 13.1 Å².